The number of piperidine rings is 1. The fourth-order valence-electron chi connectivity index (χ4n) is 2.80. The molecule has 1 heterocycles. The van der Waals surface area contributed by atoms with E-state index >= 15 is 0 Å². The zero-order valence-corrected chi connectivity index (χ0v) is 16.6. The number of likely N-dealkylation sites (tertiary alicyclic amines) is 1. The van der Waals surface area contributed by atoms with Gasteiger partial charge in [-0.1, -0.05) is 11.8 Å². The van der Waals surface area contributed by atoms with Crippen LogP contribution >= 0.6 is 11.8 Å². The number of nitrogens with zero attached hydrogens (tertiary/aromatic N) is 1. The van der Waals surface area contributed by atoms with Crippen molar-refractivity contribution in [2.45, 2.75) is 58.6 Å². The first-order valence-corrected chi connectivity index (χ1v) is 9.62. The maximum absolute atomic E-state index is 12.5. The van der Waals surface area contributed by atoms with E-state index in [-0.39, 0.29) is 23.3 Å². The lowest BCUT2D eigenvalue weighted by Crippen LogP contribution is -2.53. The van der Waals surface area contributed by atoms with Crippen LogP contribution in [0.2, 0.25) is 0 Å². The number of carbonyl (C=O) groups excluding carboxylic acids is 3. The number of thioether (sulfide) groups is 1. The summed E-state index contributed by atoms with van der Waals surface area (Å²) in [5.41, 5.74) is -0.668. The van der Waals surface area contributed by atoms with Gasteiger partial charge in [-0.05, 0) is 40.0 Å². The van der Waals surface area contributed by atoms with Crippen LogP contribution in [0, 0.1) is 5.92 Å². The van der Waals surface area contributed by atoms with Crippen molar-refractivity contribution in [3.63, 3.8) is 0 Å². The standard InChI is InChI=1S/C17H28N2O6S/c1-11(20)26-10-12(15(22)23)13-7-5-6-8-19(13)14(21)9-18-16(24)25-17(2,3)4/h12-13H,5-10H2,1-4H3,(H,18,24)(H,22,23). The van der Waals surface area contributed by atoms with Crippen molar-refractivity contribution >= 4 is 34.8 Å². The first kappa shape index (κ1) is 22.3. The number of amides is 2. The smallest absolute Gasteiger partial charge is 0.408 e. The fraction of sp³-hybridized carbons (Fsp3) is 0.765. The molecule has 8 nitrogen and oxygen atoms in total. The number of ether oxygens (including phenoxy) is 1. The molecule has 0 radical (unpaired) electrons. The highest BCUT2D eigenvalue weighted by molar-refractivity contribution is 8.13. The van der Waals surface area contributed by atoms with Crippen LogP contribution < -0.4 is 5.32 Å². The maximum Gasteiger partial charge on any atom is 0.408 e. The van der Waals surface area contributed by atoms with Crippen LogP contribution in [-0.4, -0.2) is 63.6 Å². The molecule has 26 heavy (non-hydrogen) atoms. The van der Waals surface area contributed by atoms with Crippen LogP contribution in [0.4, 0.5) is 4.79 Å². The lowest BCUT2D eigenvalue weighted by Gasteiger charge is -2.39. The number of carboxylic acid groups (broad SMARTS) is 1. The summed E-state index contributed by atoms with van der Waals surface area (Å²) in [6, 6.07) is -0.485. The van der Waals surface area contributed by atoms with Gasteiger partial charge in [-0.15, -0.1) is 0 Å². The predicted octanol–water partition coefficient (Wildman–Crippen LogP) is 1.87. The normalized spacial score (nSPS) is 18.8. The summed E-state index contributed by atoms with van der Waals surface area (Å²) in [6.07, 6.45) is 1.47. The number of aliphatic carboxylic acids is 1. The molecule has 0 aromatic rings. The lowest BCUT2D eigenvalue weighted by molar-refractivity contribution is -0.146. The highest BCUT2D eigenvalue weighted by Gasteiger charge is 2.37. The molecule has 1 saturated heterocycles. The van der Waals surface area contributed by atoms with Gasteiger partial charge in [-0.2, -0.15) is 0 Å². The molecule has 0 aromatic carbocycles. The molecule has 2 atom stereocenters. The second-order valence-electron chi connectivity index (χ2n) is 7.25. The topological polar surface area (TPSA) is 113 Å². The van der Waals surface area contributed by atoms with E-state index in [9.17, 15) is 24.3 Å². The Labute approximate surface area is 158 Å². The Morgan fingerprint density at radius 3 is 2.46 bits per heavy atom. The number of rotatable bonds is 6. The first-order valence-electron chi connectivity index (χ1n) is 8.63. The van der Waals surface area contributed by atoms with E-state index in [2.05, 4.69) is 5.32 Å². The highest BCUT2D eigenvalue weighted by atomic mass is 32.2. The van der Waals surface area contributed by atoms with Gasteiger partial charge in [0.2, 0.25) is 5.91 Å². The number of alkyl carbamates (subject to hydrolysis) is 1. The number of hydrogen-bond acceptors (Lipinski definition) is 6. The van der Waals surface area contributed by atoms with Crippen molar-refractivity contribution in [2.75, 3.05) is 18.8 Å². The summed E-state index contributed by atoms with van der Waals surface area (Å²) < 4.78 is 5.10. The molecule has 2 amide bonds. The van der Waals surface area contributed by atoms with Crippen LogP contribution in [0.15, 0.2) is 0 Å². The van der Waals surface area contributed by atoms with Crippen molar-refractivity contribution in [2.24, 2.45) is 5.92 Å². The van der Waals surface area contributed by atoms with Crippen LogP contribution in [0.25, 0.3) is 0 Å². The molecule has 2 N–H and O–H groups in total. The summed E-state index contributed by atoms with van der Waals surface area (Å²) in [4.78, 5) is 48.6. The number of carboxylic acids is 1. The quantitative estimate of drug-likeness (QED) is 0.714. The highest BCUT2D eigenvalue weighted by Crippen LogP contribution is 2.26. The monoisotopic (exact) mass is 388 g/mol. The summed E-state index contributed by atoms with van der Waals surface area (Å²) >= 11 is 0.952. The van der Waals surface area contributed by atoms with Crippen LogP contribution in [0.1, 0.15) is 47.0 Å². The molecule has 0 aromatic heterocycles. The van der Waals surface area contributed by atoms with Gasteiger partial charge in [0.15, 0.2) is 5.12 Å². The van der Waals surface area contributed by atoms with E-state index < -0.39 is 29.6 Å². The van der Waals surface area contributed by atoms with Gasteiger partial charge >= 0.3 is 12.1 Å². The average molecular weight is 388 g/mol. The molecule has 9 heteroatoms. The molecular weight excluding hydrogens is 360 g/mol. The van der Waals surface area contributed by atoms with Crippen molar-refractivity contribution in [3.05, 3.63) is 0 Å². The molecule has 2 unspecified atom stereocenters. The Morgan fingerprint density at radius 2 is 1.92 bits per heavy atom. The second kappa shape index (κ2) is 9.80. The largest absolute Gasteiger partial charge is 0.481 e. The van der Waals surface area contributed by atoms with Crippen molar-refractivity contribution in [3.8, 4) is 0 Å². The molecule has 0 spiro atoms. The predicted molar refractivity (Wildman–Crippen MR) is 97.9 cm³/mol. The molecule has 0 aliphatic carbocycles. The molecule has 0 bridgehead atoms. The third-order valence-corrected chi connectivity index (χ3v) is 4.83. The van der Waals surface area contributed by atoms with Gasteiger partial charge in [0.25, 0.3) is 0 Å². The Hall–Kier alpha value is -1.77. The first-order chi connectivity index (χ1) is 12.0. The van der Waals surface area contributed by atoms with Crippen LogP contribution in [0.5, 0.6) is 0 Å². The van der Waals surface area contributed by atoms with Gasteiger partial charge < -0.3 is 20.1 Å². The molecular formula is C17H28N2O6S. The van der Waals surface area contributed by atoms with Gasteiger partial charge in [-0.25, -0.2) is 4.79 Å². The zero-order chi connectivity index (χ0) is 19.9. The summed E-state index contributed by atoms with van der Waals surface area (Å²) in [5, 5.41) is 11.8. The van der Waals surface area contributed by atoms with E-state index in [0.717, 1.165) is 24.6 Å². The number of carbonyl (C=O) groups is 4. The van der Waals surface area contributed by atoms with E-state index in [4.69, 9.17) is 4.74 Å². The zero-order valence-electron chi connectivity index (χ0n) is 15.7. The summed E-state index contributed by atoms with van der Waals surface area (Å²) in [5.74, 6) is -2.07. The molecule has 0 saturated carbocycles. The molecule has 1 aliphatic rings. The van der Waals surface area contributed by atoms with E-state index in [1.165, 1.54) is 11.8 Å². The lowest BCUT2D eigenvalue weighted by atomic mass is 9.91. The van der Waals surface area contributed by atoms with Gasteiger partial charge in [0, 0.05) is 25.3 Å². The van der Waals surface area contributed by atoms with Crippen LogP contribution in [0.3, 0.4) is 0 Å². The molecule has 148 valence electrons. The molecule has 1 rings (SSSR count). The van der Waals surface area contributed by atoms with Crippen LogP contribution in [-0.2, 0) is 19.1 Å². The Kier molecular flexibility index (Phi) is 8.39. The van der Waals surface area contributed by atoms with Crippen molar-refractivity contribution in [1.82, 2.24) is 10.2 Å². The van der Waals surface area contributed by atoms with Gasteiger partial charge in [-0.3, -0.25) is 14.4 Å². The third kappa shape index (κ3) is 7.63. The van der Waals surface area contributed by atoms with Gasteiger partial charge in [0.05, 0.1) is 5.92 Å². The summed E-state index contributed by atoms with van der Waals surface area (Å²) in [6.45, 7) is 6.74. The minimum Gasteiger partial charge on any atom is -0.481 e. The molecule has 1 aliphatic heterocycles. The maximum atomic E-state index is 12.5. The minimum absolute atomic E-state index is 0.124. The SMILES string of the molecule is CC(=O)SCC(C(=O)O)C1CCCCN1C(=O)CNC(=O)OC(C)(C)C. The fourth-order valence-corrected chi connectivity index (χ4v) is 3.58. The Balaban J connectivity index is 2.73. The van der Waals surface area contributed by atoms with E-state index in [1.54, 1.807) is 20.8 Å². The number of nitrogens with one attached hydrogen (secondary N) is 1. The van der Waals surface area contributed by atoms with Crippen molar-refractivity contribution in [1.29, 1.82) is 0 Å². The van der Waals surface area contributed by atoms with E-state index in [1.807, 2.05) is 0 Å². The number of hydrogen-bond donors (Lipinski definition) is 2. The van der Waals surface area contributed by atoms with E-state index in [0.29, 0.717) is 13.0 Å². The second-order valence-corrected chi connectivity index (χ2v) is 8.45. The van der Waals surface area contributed by atoms with Crippen molar-refractivity contribution < 1.29 is 29.0 Å². The minimum atomic E-state index is -1.02. The Morgan fingerprint density at radius 1 is 1.27 bits per heavy atom. The Bertz CT molecular complexity index is 546. The van der Waals surface area contributed by atoms with Gasteiger partial charge in [0.1, 0.15) is 12.1 Å². The third-order valence-electron chi connectivity index (χ3n) is 3.90. The molecule has 1 fully saturated rings. The summed E-state index contributed by atoms with van der Waals surface area (Å²) in [7, 11) is 0. The average Bonchev–Trinajstić information content (AvgIpc) is 2.51.